The normalized spacial score (nSPS) is 16.6. The molecule has 0 amide bonds. The Bertz CT molecular complexity index is 918. The summed E-state index contributed by atoms with van der Waals surface area (Å²) in [4.78, 5) is 12.7. The predicted molar refractivity (Wildman–Crippen MR) is 104 cm³/mol. The first-order chi connectivity index (χ1) is 12.8. The van der Waals surface area contributed by atoms with E-state index >= 15 is 0 Å². The number of hydrogen-bond donors (Lipinski definition) is 0. The second kappa shape index (κ2) is 7.91. The van der Waals surface area contributed by atoms with Crippen molar-refractivity contribution in [2.24, 2.45) is 0 Å². The molecule has 3 aromatic carbocycles. The van der Waals surface area contributed by atoms with Crippen molar-refractivity contribution < 1.29 is 9.53 Å². The summed E-state index contributed by atoms with van der Waals surface area (Å²) in [6.07, 6.45) is 0.390. The molecule has 3 heteroatoms. The quantitative estimate of drug-likeness (QED) is 0.434. The maximum absolute atomic E-state index is 12.7. The monoisotopic (exact) mass is 456 g/mol. The summed E-state index contributed by atoms with van der Waals surface area (Å²) in [5.41, 5.74) is 3.04. The van der Waals surface area contributed by atoms with E-state index in [4.69, 9.17) is 4.74 Å². The molecule has 0 radical (unpaired) electrons. The van der Waals surface area contributed by atoms with Gasteiger partial charge in [-0.1, -0.05) is 0 Å². The minimum absolute atomic E-state index is 0.168. The van der Waals surface area contributed by atoms with Crippen LogP contribution in [0.5, 0.6) is 0 Å². The van der Waals surface area contributed by atoms with E-state index in [-0.39, 0.29) is 12.1 Å². The van der Waals surface area contributed by atoms with Crippen LogP contribution in [0.1, 0.15) is 17.2 Å². The molecular formula is C23H18O2Te. The van der Waals surface area contributed by atoms with Crippen LogP contribution in [0, 0.1) is 0 Å². The van der Waals surface area contributed by atoms with Crippen LogP contribution in [-0.2, 0) is 16.0 Å². The van der Waals surface area contributed by atoms with Gasteiger partial charge in [0.1, 0.15) is 0 Å². The Morgan fingerprint density at radius 2 is 1.35 bits per heavy atom. The molecule has 0 saturated heterocycles. The molecule has 1 heterocycles. The van der Waals surface area contributed by atoms with E-state index in [2.05, 4.69) is 36.4 Å². The molecule has 0 spiro atoms. The van der Waals surface area contributed by atoms with Gasteiger partial charge < -0.3 is 0 Å². The van der Waals surface area contributed by atoms with Crippen LogP contribution in [0.3, 0.4) is 0 Å². The van der Waals surface area contributed by atoms with Gasteiger partial charge >= 0.3 is 164 Å². The number of ether oxygens (including phenoxy) is 1. The van der Waals surface area contributed by atoms with E-state index < -0.39 is 20.9 Å². The van der Waals surface area contributed by atoms with E-state index in [1.165, 1.54) is 7.23 Å². The van der Waals surface area contributed by atoms with Crippen molar-refractivity contribution in [1.82, 2.24) is 0 Å². The fourth-order valence-electron chi connectivity index (χ4n) is 3.03. The number of benzene rings is 3. The van der Waals surface area contributed by atoms with Crippen molar-refractivity contribution in [1.29, 1.82) is 0 Å². The SMILES string of the molecule is O=C1OC(c2ccccc2)C([Te]c2ccccc2)=C1Cc1ccccc1. The number of carbonyl (C=O) groups is 1. The summed E-state index contributed by atoms with van der Waals surface area (Å²) in [6.45, 7) is 0. The van der Waals surface area contributed by atoms with Gasteiger partial charge in [-0.2, -0.15) is 0 Å². The van der Waals surface area contributed by atoms with Gasteiger partial charge in [0, 0.05) is 0 Å². The zero-order chi connectivity index (χ0) is 17.8. The van der Waals surface area contributed by atoms with E-state index in [0.717, 1.165) is 16.7 Å². The zero-order valence-corrected chi connectivity index (χ0v) is 16.5. The van der Waals surface area contributed by atoms with Crippen LogP contribution >= 0.6 is 0 Å². The number of carbonyl (C=O) groups excluding carboxylic acids is 1. The Morgan fingerprint density at radius 3 is 2.00 bits per heavy atom. The molecule has 1 aliphatic heterocycles. The fraction of sp³-hybridized carbons (Fsp3) is 0.0870. The fourth-order valence-corrected chi connectivity index (χ4v) is 6.22. The topological polar surface area (TPSA) is 26.3 Å². The summed E-state index contributed by atoms with van der Waals surface area (Å²) in [7, 11) is 0. The summed E-state index contributed by atoms with van der Waals surface area (Å²) in [5.74, 6) is -0.168. The Hall–Kier alpha value is -2.34. The molecule has 1 unspecified atom stereocenters. The van der Waals surface area contributed by atoms with Gasteiger partial charge in [-0.25, -0.2) is 0 Å². The molecule has 128 valence electrons. The molecule has 0 saturated carbocycles. The van der Waals surface area contributed by atoms with E-state index in [9.17, 15) is 4.79 Å². The van der Waals surface area contributed by atoms with Gasteiger partial charge in [-0.15, -0.1) is 0 Å². The molecule has 4 rings (SSSR count). The average molecular weight is 454 g/mol. The second-order valence-electron chi connectivity index (χ2n) is 6.12. The van der Waals surface area contributed by atoms with E-state index in [0.29, 0.717) is 6.42 Å². The first-order valence-electron chi connectivity index (χ1n) is 8.57. The second-order valence-corrected chi connectivity index (χ2v) is 9.30. The van der Waals surface area contributed by atoms with E-state index in [1.54, 1.807) is 0 Å². The number of esters is 1. The van der Waals surface area contributed by atoms with Gasteiger partial charge in [-0.05, 0) is 0 Å². The Balaban J connectivity index is 1.74. The van der Waals surface area contributed by atoms with Crippen molar-refractivity contribution in [3.05, 3.63) is 111 Å². The molecule has 0 N–H and O–H groups in total. The molecule has 3 aromatic rings. The Labute approximate surface area is 163 Å². The summed E-state index contributed by atoms with van der Waals surface area (Å²) in [5, 5.41) is 0. The first-order valence-corrected chi connectivity index (χ1v) is 10.9. The van der Waals surface area contributed by atoms with Gasteiger partial charge in [0.05, 0.1) is 0 Å². The molecule has 1 aliphatic rings. The average Bonchev–Trinajstić information content (AvgIpc) is 3.00. The molecule has 0 bridgehead atoms. The van der Waals surface area contributed by atoms with Gasteiger partial charge in [0.25, 0.3) is 0 Å². The van der Waals surface area contributed by atoms with Crippen molar-refractivity contribution in [2.45, 2.75) is 12.5 Å². The molecule has 26 heavy (non-hydrogen) atoms. The van der Waals surface area contributed by atoms with Crippen molar-refractivity contribution >= 4 is 30.5 Å². The van der Waals surface area contributed by atoms with Crippen molar-refractivity contribution in [3.63, 3.8) is 0 Å². The third-order valence-corrected chi connectivity index (χ3v) is 7.70. The maximum atomic E-state index is 12.7. The molecule has 1 atom stereocenters. The van der Waals surface area contributed by atoms with Crippen LogP contribution in [0.4, 0.5) is 0 Å². The Kier molecular flexibility index (Phi) is 5.20. The van der Waals surface area contributed by atoms with E-state index in [1.807, 2.05) is 54.6 Å². The number of hydrogen-bond acceptors (Lipinski definition) is 2. The molecule has 0 aromatic heterocycles. The van der Waals surface area contributed by atoms with Crippen LogP contribution < -0.4 is 3.61 Å². The predicted octanol–water partition coefficient (Wildman–Crippen LogP) is 3.81. The first kappa shape index (κ1) is 17.1. The van der Waals surface area contributed by atoms with Crippen LogP contribution in [0.15, 0.2) is 100 Å². The summed E-state index contributed by atoms with van der Waals surface area (Å²) in [6, 6.07) is 30.7. The standard InChI is InChI=1S/C23H18O2Te/c24-23-20(16-17-10-4-1-5-11-17)22(26-19-14-8-3-9-15-19)21(25-23)18-12-6-2-7-13-18/h1-15,21H,16H2. The molecule has 2 nitrogen and oxygen atoms in total. The third kappa shape index (κ3) is 3.75. The van der Waals surface area contributed by atoms with Crippen molar-refractivity contribution in [2.75, 3.05) is 0 Å². The minimum atomic E-state index is -0.691. The van der Waals surface area contributed by atoms with Gasteiger partial charge in [-0.3, -0.25) is 0 Å². The summed E-state index contributed by atoms with van der Waals surface area (Å²) >= 11 is -0.691. The Morgan fingerprint density at radius 1 is 0.769 bits per heavy atom. The molecule has 0 fully saturated rings. The van der Waals surface area contributed by atoms with Crippen LogP contribution in [0.25, 0.3) is 0 Å². The van der Waals surface area contributed by atoms with Crippen molar-refractivity contribution in [3.8, 4) is 0 Å². The number of rotatable bonds is 5. The van der Waals surface area contributed by atoms with Crippen LogP contribution in [-0.4, -0.2) is 26.9 Å². The third-order valence-electron chi connectivity index (χ3n) is 4.30. The number of cyclic esters (lactones) is 1. The van der Waals surface area contributed by atoms with Crippen LogP contribution in [0.2, 0.25) is 0 Å². The van der Waals surface area contributed by atoms with Gasteiger partial charge in [0.2, 0.25) is 0 Å². The molecule has 0 aliphatic carbocycles. The zero-order valence-electron chi connectivity index (χ0n) is 14.2. The van der Waals surface area contributed by atoms with Gasteiger partial charge in [0.15, 0.2) is 0 Å². The summed E-state index contributed by atoms with van der Waals surface area (Å²) < 4.78 is 8.35. The molecular weight excluding hydrogens is 436 g/mol.